The van der Waals surface area contributed by atoms with Crippen LogP contribution in [0.1, 0.15) is 41.9 Å². The van der Waals surface area contributed by atoms with Gasteiger partial charge in [-0.05, 0) is 51.3 Å². The summed E-state index contributed by atoms with van der Waals surface area (Å²) in [6.07, 6.45) is 1.92. The lowest BCUT2D eigenvalue weighted by Crippen LogP contribution is -2.34. The van der Waals surface area contributed by atoms with Gasteiger partial charge in [0, 0.05) is 6.54 Å². The van der Waals surface area contributed by atoms with E-state index in [0.29, 0.717) is 5.82 Å². The first kappa shape index (κ1) is 15.8. The van der Waals surface area contributed by atoms with E-state index >= 15 is 0 Å². The molecule has 0 bridgehead atoms. The molecule has 0 saturated carbocycles. The van der Waals surface area contributed by atoms with Crippen molar-refractivity contribution in [1.82, 2.24) is 29.6 Å². The number of aryl methyl sites for hydroxylation is 3. The molecule has 7 heteroatoms. The fourth-order valence-corrected chi connectivity index (χ4v) is 3.58. The summed E-state index contributed by atoms with van der Waals surface area (Å²) in [5.41, 5.74) is 3.17. The number of aromatic amines is 1. The Kier molecular flexibility index (Phi) is 3.78. The van der Waals surface area contributed by atoms with Gasteiger partial charge in [0.2, 0.25) is 5.91 Å². The van der Waals surface area contributed by atoms with Crippen molar-refractivity contribution in [1.29, 1.82) is 0 Å². The van der Waals surface area contributed by atoms with Gasteiger partial charge in [-0.2, -0.15) is 5.10 Å². The number of amides is 1. The van der Waals surface area contributed by atoms with Crippen molar-refractivity contribution in [2.45, 2.75) is 46.2 Å². The van der Waals surface area contributed by atoms with Crippen LogP contribution in [-0.2, 0) is 11.3 Å². The number of imidazole rings is 1. The lowest BCUT2D eigenvalue weighted by Gasteiger charge is -2.23. The van der Waals surface area contributed by atoms with Gasteiger partial charge in [0.05, 0.1) is 17.1 Å². The van der Waals surface area contributed by atoms with Gasteiger partial charge < -0.3 is 9.88 Å². The fourth-order valence-electron chi connectivity index (χ4n) is 3.58. The standard InChI is InChI=1S/C18H22N6O/c1-11-6-7-14-15(9-11)21-18(20-14)16-5-4-8-23(16)17(25)10-24-13(3)19-12(2)22-24/h6-7,9,16H,4-5,8,10H2,1-3H3,(H,20,21)/t16-/m0/s1. The molecule has 3 heterocycles. The second-order valence-electron chi connectivity index (χ2n) is 6.75. The van der Waals surface area contributed by atoms with Crippen LogP contribution in [0, 0.1) is 20.8 Å². The van der Waals surface area contributed by atoms with E-state index in [4.69, 9.17) is 4.98 Å². The Bertz CT molecular complexity index is 940. The highest BCUT2D eigenvalue weighted by molar-refractivity contribution is 5.78. The molecule has 1 N–H and O–H groups in total. The molecule has 7 nitrogen and oxygen atoms in total. The van der Waals surface area contributed by atoms with Crippen LogP contribution in [0.15, 0.2) is 18.2 Å². The number of carbonyl (C=O) groups excluding carboxylic acids is 1. The smallest absolute Gasteiger partial charge is 0.245 e. The molecule has 0 radical (unpaired) electrons. The minimum Gasteiger partial charge on any atom is -0.340 e. The summed E-state index contributed by atoms with van der Waals surface area (Å²) in [6.45, 7) is 6.75. The molecule has 1 saturated heterocycles. The van der Waals surface area contributed by atoms with E-state index in [1.807, 2.05) is 24.8 Å². The van der Waals surface area contributed by atoms with Crippen molar-refractivity contribution in [2.75, 3.05) is 6.54 Å². The molecule has 1 aliphatic rings. The van der Waals surface area contributed by atoms with E-state index in [2.05, 4.69) is 34.1 Å². The van der Waals surface area contributed by atoms with Gasteiger partial charge in [-0.3, -0.25) is 4.79 Å². The molecule has 130 valence electrons. The zero-order valence-electron chi connectivity index (χ0n) is 14.8. The summed E-state index contributed by atoms with van der Waals surface area (Å²) in [5, 5.41) is 4.30. The third-order valence-corrected chi connectivity index (χ3v) is 4.79. The van der Waals surface area contributed by atoms with Crippen LogP contribution in [-0.4, -0.2) is 42.1 Å². The number of nitrogens with zero attached hydrogens (tertiary/aromatic N) is 5. The van der Waals surface area contributed by atoms with E-state index < -0.39 is 0 Å². The number of rotatable bonds is 3. The van der Waals surface area contributed by atoms with Crippen LogP contribution in [0.4, 0.5) is 0 Å². The maximum Gasteiger partial charge on any atom is 0.245 e. The minimum atomic E-state index is 0.00475. The second-order valence-corrected chi connectivity index (χ2v) is 6.75. The molecule has 25 heavy (non-hydrogen) atoms. The van der Waals surface area contributed by atoms with Gasteiger partial charge in [0.1, 0.15) is 24.0 Å². The van der Waals surface area contributed by atoms with Gasteiger partial charge in [-0.15, -0.1) is 0 Å². The summed E-state index contributed by atoms with van der Waals surface area (Å²) in [5.74, 6) is 2.39. The van der Waals surface area contributed by atoms with Crippen molar-refractivity contribution in [3.05, 3.63) is 41.2 Å². The monoisotopic (exact) mass is 338 g/mol. The number of carbonyl (C=O) groups is 1. The molecular weight excluding hydrogens is 316 g/mol. The molecule has 0 aliphatic carbocycles. The normalized spacial score (nSPS) is 17.6. The average molecular weight is 338 g/mol. The molecule has 0 spiro atoms. The Morgan fingerprint density at radius 3 is 2.88 bits per heavy atom. The Balaban J connectivity index is 1.58. The van der Waals surface area contributed by atoms with Crippen LogP contribution in [0.2, 0.25) is 0 Å². The summed E-state index contributed by atoms with van der Waals surface area (Å²) in [6, 6.07) is 6.17. The number of benzene rings is 1. The maximum absolute atomic E-state index is 12.8. The molecular formula is C18H22N6O. The van der Waals surface area contributed by atoms with Crippen molar-refractivity contribution >= 4 is 16.9 Å². The predicted molar refractivity (Wildman–Crippen MR) is 94.0 cm³/mol. The topological polar surface area (TPSA) is 79.7 Å². The van der Waals surface area contributed by atoms with Gasteiger partial charge in [0.25, 0.3) is 0 Å². The molecule has 1 amide bonds. The summed E-state index contributed by atoms with van der Waals surface area (Å²) in [4.78, 5) is 27.1. The Labute approximate surface area is 146 Å². The fraction of sp³-hybridized carbons (Fsp3) is 0.444. The summed E-state index contributed by atoms with van der Waals surface area (Å²) in [7, 11) is 0. The highest BCUT2D eigenvalue weighted by atomic mass is 16.2. The molecule has 1 atom stereocenters. The van der Waals surface area contributed by atoms with E-state index in [-0.39, 0.29) is 18.5 Å². The zero-order valence-corrected chi connectivity index (χ0v) is 14.8. The second kappa shape index (κ2) is 5.98. The SMILES string of the molecule is Cc1ccc2nc([C@@H]3CCCN3C(=O)Cn3nc(C)nc3C)[nH]c2c1. The van der Waals surface area contributed by atoms with Gasteiger partial charge in [0.15, 0.2) is 0 Å². The highest BCUT2D eigenvalue weighted by Crippen LogP contribution is 2.31. The molecule has 4 rings (SSSR count). The Morgan fingerprint density at radius 2 is 2.12 bits per heavy atom. The number of nitrogens with one attached hydrogen (secondary N) is 1. The number of H-pyrrole nitrogens is 1. The summed E-state index contributed by atoms with van der Waals surface area (Å²) >= 11 is 0. The van der Waals surface area contributed by atoms with Gasteiger partial charge in [-0.1, -0.05) is 6.07 Å². The first-order valence-corrected chi connectivity index (χ1v) is 8.65. The number of likely N-dealkylation sites (tertiary alicyclic amines) is 1. The average Bonchev–Trinajstić information content (AvgIpc) is 3.25. The van der Waals surface area contributed by atoms with Crippen LogP contribution in [0.25, 0.3) is 11.0 Å². The Hall–Kier alpha value is -2.70. The quantitative estimate of drug-likeness (QED) is 0.795. The number of aromatic nitrogens is 5. The number of fused-ring (bicyclic) bond motifs is 1. The number of hydrogen-bond donors (Lipinski definition) is 1. The molecule has 1 aromatic carbocycles. The maximum atomic E-state index is 12.8. The summed E-state index contributed by atoms with van der Waals surface area (Å²) < 4.78 is 1.68. The van der Waals surface area contributed by atoms with Crippen molar-refractivity contribution in [3.8, 4) is 0 Å². The number of hydrogen-bond acceptors (Lipinski definition) is 4. The van der Waals surface area contributed by atoms with Gasteiger partial charge >= 0.3 is 0 Å². The Morgan fingerprint density at radius 1 is 1.28 bits per heavy atom. The first-order valence-electron chi connectivity index (χ1n) is 8.65. The predicted octanol–water partition coefficient (Wildman–Crippen LogP) is 2.44. The van der Waals surface area contributed by atoms with Crippen molar-refractivity contribution < 1.29 is 4.79 Å². The molecule has 1 aliphatic heterocycles. The van der Waals surface area contributed by atoms with E-state index in [0.717, 1.165) is 42.1 Å². The van der Waals surface area contributed by atoms with Crippen molar-refractivity contribution in [2.24, 2.45) is 0 Å². The molecule has 1 fully saturated rings. The minimum absolute atomic E-state index is 0.00475. The zero-order chi connectivity index (χ0) is 17.6. The highest BCUT2D eigenvalue weighted by Gasteiger charge is 2.32. The van der Waals surface area contributed by atoms with Crippen LogP contribution >= 0.6 is 0 Å². The molecule has 2 aromatic heterocycles. The van der Waals surface area contributed by atoms with Crippen LogP contribution < -0.4 is 0 Å². The third kappa shape index (κ3) is 2.90. The molecule has 0 unspecified atom stereocenters. The molecule has 3 aromatic rings. The van der Waals surface area contributed by atoms with E-state index in [1.165, 1.54) is 5.56 Å². The third-order valence-electron chi connectivity index (χ3n) is 4.79. The van der Waals surface area contributed by atoms with E-state index in [1.54, 1.807) is 4.68 Å². The van der Waals surface area contributed by atoms with Crippen LogP contribution in [0.3, 0.4) is 0 Å². The van der Waals surface area contributed by atoms with Crippen LogP contribution in [0.5, 0.6) is 0 Å². The van der Waals surface area contributed by atoms with E-state index in [9.17, 15) is 4.79 Å². The largest absolute Gasteiger partial charge is 0.340 e. The van der Waals surface area contributed by atoms with Crippen molar-refractivity contribution in [3.63, 3.8) is 0 Å². The lowest BCUT2D eigenvalue weighted by atomic mass is 10.2. The lowest BCUT2D eigenvalue weighted by molar-refractivity contribution is -0.133. The first-order chi connectivity index (χ1) is 12.0. The van der Waals surface area contributed by atoms with Gasteiger partial charge in [-0.25, -0.2) is 14.6 Å².